The van der Waals surface area contributed by atoms with Crippen molar-refractivity contribution >= 4 is 18.0 Å². The highest BCUT2D eigenvalue weighted by Gasteiger charge is 2.29. The second-order valence-corrected chi connectivity index (χ2v) is 9.40. The lowest BCUT2D eigenvalue weighted by Gasteiger charge is -2.20. The van der Waals surface area contributed by atoms with Gasteiger partial charge < -0.3 is 20.5 Å². The Bertz CT molecular complexity index is 1050. The van der Waals surface area contributed by atoms with Crippen LogP contribution in [0.2, 0.25) is 0 Å². The third-order valence-corrected chi connectivity index (χ3v) is 6.20. The van der Waals surface area contributed by atoms with E-state index in [2.05, 4.69) is 48.7 Å². The van der Waals surface area contributed by atoms with Crippen LogP contribution < -0.4 is 10.6 Å². The normalized spacial score (nSPS) is 13.7. The topological polar surface area (TPSA) is 105 Å². The molecule has 1 aliphatic carbocycles. The number of carboxylic acid groups (broad SMARTS) is 1. The largest absolute Gasteiger partial charge is 0.478 e. The number of carboxylic acids is 1. The van der Waals surface area contributed by atoms with Crippen LogP contribution in [0.5, 0.6) is 0 Å². The molecule has 0 saturated carbocycles. The standard InChI is InChI=1S/C28H34N2O5/c1-18(2)14-20(15-26(31)29-13-12-19(3)27(32)33)16-30-28(34)35-17-25-23-10-6-4-8-21(23)22-9-5-7-11-24(22)25/h4-12,18,20,25H,13-17H2,1-3H3,(H,29,31)(H,30,34)(H,32,33)/b19-12-/t20-/m0/s1. The van der Waals surface area contributed by atoms with Gasteiger partial charge in [-0.15, -0.1) is 0 Å². The predicted octanol–water partition coefficient (Wildman–Crippen LogP) is 4.72. The van der Waals surface area contributed by atoms with Gasteiger partial charge in [-0.25, -0.2) is 9.59 Å². The zero-order valence-electron chi connectivity index (χ0n) is 20.5. The van der Waals surface area contributed by atoms with Gasteiger partial charge in [0.15, 0.2) is 0 Å². The summed E-state index contributed by atoms with van der Waals surface area (Å²) in [5, 5.41) is 14.4. The molecule has 0 spiro atoms. The summed E-state index contributed by atoms with van der Waals surface area (Å²) in [6.07, 6.45) is 1.97. The Balaban J connectivity index is 1.51. The molecule has 2 aromatic carbocycles. The lowest BCUT2D eigenvalue weighted by molar-refractivity contribution is -0.132. The fourth-order valence-electron chi connectivity index (χ4n) is 4.52. The molecule has 3 N–H and O–H groups in total. The number of carbonyl (C=O) groups is 3. The molecule has 1 atom stereocenters. The summed E-state index contributed by atoms with van der Waals surface area (Å²) < 4.78 is 5.60. The third-order valence-electron chi connectivity index (χ3n) is 6.20. The van der Waals surface area contributed by atoms with Crippen molar-refractivity contribution in [1.82, 2.24) is 10.6 Å². The van der Waals surface area contributed by atoms with E-state index < -0.39 is 12.1 Å². The zero-order valence-corrected chi connectivity index (χ0v) is 20.5. The SMILES string of the molecule is C/C(=C/CNC(=O)C[C@@H](CNC(=O)OCC1c2ccccc2-c2ccccc21)CC(C)C)C(=O)O. The number of rotatable bonds is 11. The second-order valence-electron chi connectivity index (χ2n) is 9.40. The molecular formula is C28H34N2O5. The second kappa shape index (κ2) is 12.2. The first-order valence-corrected chi connectivity index (χ1v) is 12.0. The minimum Gasteiger partial charge on any atom is -0.478 e. The minimum atomic E-state index is -1.01. The Labute approximate surface area is 206 Å². The summed E-state index contributed by atoms with van der Waals surface area (Å²) in [5.74, 6) is -0.900. The number of hydrogen-bond donors (Lipinski definition) is 3. The van der Waals surface area contributed by atoms with Crippen molar-refractivity contribution in [3.05, 3.63) is 71.3 Å². The van der Waals surface area contributed by atoms with Crippen molar-refractivity contribution in [2.45, 2.75) is 39.5 Å². The number of nitrogens with one attached hydrogen (secondary N) is 2. The number of amides is 2. The number of alkyl carbamates (subject to hydrolysis) is 1. The van der Waals surface area contributed by atoms with Gasteiger partial charge in [0, 0.05) is 31.0 Å². The molecule has 0 unspecified atom stereocenters. The van der Waals surface area contributed by atoms with E-state index in [-0.39, 0.29) is 42.9 Å². The Morgan fingerprint density at radius 1 is 1.00 bits per heavy atom. The molecule has 0 saturated heterocycles. The van der Waals surface area contributed by atoms with Crippen molar-refractivity contribution < 1.29 is 24.2 Å². The van der Waals surface area contributed by atoms with Gasteiger partial charge in [-0.1, -0.05) is 68.5 Å². The van der Waals surface area contributed by atoms with Crippen LogP contribution in [0.1, 0.15) is 50.7 Å². The molecule has 0 radical (unpaired) electrons. The van der Waals surface area contributed by atoms with Crippen molar-refractivity contribution in [1.29, 1.82) is 0 Å². The van der Waals surface area contributed by atoms with Crippen molar-refractivity contribution in [2.75, 3.05) is 19.7 Å². The number of aliphatic carboxylic acids is 1. The average molecular weight is 479 g/mol. The first kappa shape index (κ1) is 26.0. The molecule has 0 heterocycles. The van der Waals surface area contributed by atoms with Crippen LogP contribution in [0, 0.1) is 11.8 Å². The Hall–Kier alpha value is -3.61. The summed E-state index contributed by atoms with van der Waals surface area (Å²) in [6.45, 7) is 6.34. The lowest BCUT2D eigenvalue weighted by atomic mass is 9.93. The molecule has 0 bridgehead atoms. The van der Waals surface area contributed by atoms with Gasteiger partial charge in [-0.05, 0) is 47.4 Å². The summed E-state index contributed by atoms with van der Waals surface area (Å²) in [5.41, 5.74) is 4.84. The molecule has 3 rings (SSSR count). The molecule has 0 fully saturated rings. The van der Waals surface area contributed by atoms with Gasteiger partial charge in [0.2, 0.25) is 5.91 Å². The maximum atomic E-state index is 12.5. The van der Waals surface area contributed by atoms with Gasteiger partial charge in [-0.2, -0.15) is 0 Å². The highest BCUT2D eigenvalue weighted by Crippen LogP contribution is 2.44. The van der Waals surface area contributed by atoms with E-state index in [1.807, 2.05) is 24.3 Å². The summed E-state index contributed by atoms with van der Waals surface area (Å²) in [4.78, 5) is 35.7. The van der Waals surface area contributed by atoms with Gasteiger partial charge >= 0.3 is 12.1 Å². The Morgan fingerprint density at radius 2 is 1.60 bits per heavy atom. The molecule has 7 heteroatoms. The van der Waals surface area contributed by atoms with E-state index in [1.165, 1.54) is 24.1 Å². The van der Waals surface area contributed by atoms with E-state index in [0.717, 1.165) is 17.5 Å². The van der Waals surface area contributed by atoms with Crippen molar-refractivity contribution in [2.24, 2.45) is 11.8 Å². The summed E-state index contributed by atoms with van der Waals surface area (Å²) in [7, 11) is 0. The number of hydrogen-bond acceptors (Lipinski definition) is 4. The quantitative estimate of drug-likeness (QED) is 0.405. The van der Waals surface area contributed by atoms with Crippen LogP contribution >= 0.6 is 0 Å². The van der Waals surface area contributed by atoms with Crippen LogP contribution in [0.3, 0.4) is 0 Å². The third kappa shape index (κ3) is 7.18. The average Bonchev–Trinajstić information content (AvgIpc) is 3.14. The molecule has 35 heavy (non-hydrogen) atoms. The number of carbonyl (C=O) groups excluding carboxylic acids is 2. The predicted molar refractivity (Wildman–Crippen MR) is 135 cm³/mol. The molecular weight excluding hydrogens is 444 g/mol. The minimum absolute atomic E-state index is 0.00676. The summed E-state index contributed by atoms with van der Waals surface area (Å²) in [6, 6.07) is 16.4. The van der Waals surface area contributed by atoms with Gasteiger partial charge in [0.1, 0.15) is 6.61 Å². The Kier molecular flexibility index (Phi) is 9.06. The fraction of sp³-hybridized carbons (Fsp3) is 0.393. The van der Waals surface area contributed by atoms with E-state index in [1.54, 1.807) is 0 Å². The maximum absolute atomic E-state index is 12.5. The first-order valence-electron chi connectivity index (χ1n) is 12.0. The zero-order chi connectivity index (χ0) is 25.4. The molecule has 2 amide bonds. The molecule has 186 valence electrons. The number of benzene rings is 2. The number of ether oxygens (including phenoxy) is 1. The van der Waals surface area contributed by atoms with Crippen LogP contribution in [0.15, 0.2) is 60.2 Å². The first-order chi connectivity index (χ1) is 16.8. The van der Waals surface area contributed by atoms with Gasteiger partial charge in [-0.3, -0.25) is 4.79 Å². The summed E-state index contributed by atoms with van der Waals surface area (Å²) >= 11 is 0. The van der Waals surface area contributed by atoms with E-state index in [0.29, 0.717) is 12.5 Å². The molecule has 7 nitrogen and oxygen atoms in total. The van der Waals surface area contributed by atoms with Crippen molar-refractivity contribution in [3.8, 4) is 11.1 Å². The lowest BCUT2D eigenvalue weighted by Crippen LogP contribution is -2.34. The smallest absolute Gasteiger partial charge is 0.407 e. The van der Waals surface area contributed by atoms with E-state index >= 15 is 0 Å². The van der Waals surface area contributed by atoms with Crippen molar-refractivity contribution in [3.63, 3.8) is 0 Å². The molecule has 1 aliphatic rings. The van der Waals surface area contributed by atoms with Crippen LogP contribution in [0.4, 0.5) is 4.79 Å². The van der Waals surface area contributed by atoms with Crippen LogP contribution in [-0.2, 0) is 14.3 Å². The highest BCUT2D eigenvalue weighted by atomic mass is 16.5. The fourth-order valence-corrected chi connectivity index (χ4v) is 4.52. The highest BCUT2D eigenvalue weighted by molar-refractivity contribution is 5.86. The molecule has 2 aromatic rings. The molecule has 0 aliphatic heterocycles. The Morgan fingerprint density at radius 3 is 2.17 bits per heavy atom. The molecule has 0 aromatic heterocycles. The number of fused-ring (bicyclic) bond motifs is 3. The monoisotopic (exact) mass is 478 g/mol. The van der Waals surface area contributed by atoms with Gasteiger partial charge in [0.05, 0.1) is 0 Å². The maximum Gasteiger partial charge on any atom is 0.407 e. The van der Waals surface area contributed by atoms with Crippen LogP contribution in [-0.4, -0.2) is 42.8 Å². The van der Waals surface area contributed by atoms with Gasteiger partial charge in [0.25, 0.3) is 0 Å². The van der Waals surface area contributed by atoms with Crippen LogP contribution in [0.25, 0.3) is 11.1 Å². The van der Waals surface area contributed by atoms with E-state index in [9.17, 15) is 14.4 Å². The van der Waals surface area contributed by atoms with E-state index in [4.69, 9.17) is 9.84 Å².